The molecule has 0 atom stereocenters. The average molecular weight is 505 g/mol. The van der Waals surface area contributed by atoms with Crippen molar-refractivity contribution in [1.82, 2.24) is 24.7 Å². The highest BCUT2D eigenvalue weighted by molar-refractivity contribution is 5.96. The number of carbonyl (C=O) groups is 2. The second kappa shape index (κ2) is 11.0. The average Bonchev–Trinajstić information content (AvgIpc) is 3.09. The van der Waals surface area contributed by atoms with Gasteiger partial charge in [-0.05, 0) is 55.5 Å². The molecule has 3 aromatic rings. The fourth-order valence-corrected chi connectivity index (χ4v) is 3.50. The largest absolute Gasteiger partial charge is 0.491 e. The van der Waals surface area contributed by atoms with Gasteiger partial charge in [-0.25, -0.2) is 4.68 Å². The maximum absolute atomic E-state index is 13.2. The maximum atomic E-state index is 13.2. The lowest BCUT2D eigenvalue weighted by Gasteiger charge is -2.21. The first-order valence-corrected chi connectivity index (χ1v) is 11.2. The molecular weight excluding hydrogens is 472 g/mol. The molecule has 3 rings (SSSR count). The molecular formula is C24H33ClN6O4. The topological polar surface area (TPSA) is 135 Å². The molecule has 0 spiro atoms. The number of aliphatic hydroxyl groups is 1. The van der Waals surface area contributed by atoms with Gasteiger partial charge < -0.3 is 15.2 Å². The zero-order valence-corrected chi connectivity index (χ0v) is 21.7. The number of hydrogen-bond donors (Lipinski definition) is 3. The van der Waals surface area contributed by atoms with E-state index in [1.54, 1.807) is 13.0 Å². The number of amides is 1. The molecule has 1 amide bonds. The Morgan fingerprint density at radius 1 is 1.14 bits per heavy atom. The molecule has 35 heavy (non-hydrogen) atoms. The van der Waals surface area contributed by atoms with Crippen LogP contribution in [0.25, 0.3) is 5.65 Å². The zero-order valence-electron chi connectivity index (χ0n) is 20.9. The minimum absolute atomic E-state index is 0. The summed E-state index contributed by atoms with van der Waals surface area (Å²) in [4.78, 5) is 25.6. The summed E-state index contributed by atoms with van der Waals surface area (Å²) in [6, 6.07) is 5.31. The van der Waals surface area contributed by atoms with E-state index in [4.69, 9.17) is 15.3 Å². The fraction of sp³-hybridized carbons (Fsp3) is 0.458. The number of fused-ring (bicyclic) bond motifs is 1. The summed E-state index contributed by atoms with van der Waals surface area (Å²) in [7, 11) is 0. The predicted octanol–water partition coefficient (Wildman–Crippen LogP) is 2.35. The molecule has 2 aromatic heterocycles. The summed E-state index contributed by atoms with van der Waals surface area (Å²) >= 11 is 0. The van der Waals surface area contributed by atoms with Crippen molar-refractivity contribution in [2.24, 2.45) is 0 Å². The molecule has 2 heterocycles. The van der Waals surface area contributed by atoms with Gasteiger partial charge in [0.1, 0.15) is 18.9 Å². The normalized spacial score (nSPS) is 11.3. The van der Waals surface area contributed by atoms with Crippen LogP contribution in [0.2, 0.25) is 0 Å². The Morgan fingerprint density at radius 2 is 1.83 bits per heavy atom. The first-order valence-electron chi connectivity index (χ1n) is 11.2. The number of ketones is 1. The van der Waals surface area contributed by atoms with Crippen molar-refractivity contribution in [2.75, 3.05) is 19.8 Å². The van der Waals surface area contributed by atoms with E-state index < -0.39 is 0 Å². The van der Waals surface area contributed by atoms with Gasteiger partial charge in [0.25, 0.3) is 5.91 Å². The lowest BCUT2D eigenvalue weighted by Crippen LogP contribution is -2.29. The second-order valence-corrected chi connectivity index (χ2v) is 9.17. The van der Waals surface area contributed by atoms with E-state index in [1.807, 2.05) is 46.8 Å². The van der Waals surface area contributed by atoms with Crippen LogP contribution < -0.4 is 15.7 Å². The number of hydrogen-bond acceptors (Lipinski definition) is 7. The van der Waals surface area contributed by atoms with Crippen molar-refractivity contribution in [1.29, 1.82) is 5.41 Å². The van der Waals surface area contributed by atoms with Gasteiger partial charge in [-0.2, -0.15) is 9.61 Å². The highest BCUT2D eigenvalue weighted by atomic mass is 35.5. The molecule has 0 bridgehead atoms. The summed E-state index contributed by atoms with van der Waals surface area (Å²) in [6.07, 6.45) is 0. The standard InChI is InChI=1S/C24H32N6O4.ClH/c1-7-26-22(33)20-14(2)15(3)21-28-29(23(25)30(21)27-20)13-19(32)16-10-17(24(4,5)6)12-18(11-16)34-9-8-31;/h10-12,25,31H,7-9,13H2,1-6H3,(H,26,33);1H. The lowest BCUT2D eigenvalue weighted by molar-refractivity contribution is 0.0944. The van der Waals surface area contributed by atoms with Crippen LogP contribution >= 0.6 is 12.4 Å². The molecule has 190 valence electrons. The van der Waals surface area contributed by atoms with Gasteiger partial charge in [-0.3, -0.25) is 15.0 Å². The van der Waals surface area contributed by atoms with E-state index in [-0.39, 0.29) is 60.6 Å². The summed E-state index contributed by atoms with van der Waals surface area (Å²) in [5.74, 6) is -0.0778. The van der Waals surface area contributed by atoms with E-state index in [9.17, 15) is 9.59 Å². The van der Waals surface area contributed by atoms with Crippen LogP contribution in [0.1, 0.15) is 65.2 Å². The number of ether oxygens (including phenoxy) is 1. The van der Waals surface area contributed by atoms with Crippen LogP contribution in [0.5, 0.6) is 5.75 Å². The van der Waals surface area contributed by atoms with Crippen molar-refractivity contribution in [2.45, 2.75) is 53.5 Å². The summed E-state index contributed by atoms with van der Waals surface area (Å²) in [6.45, 7) is 11.8. The zero-order chi connectivity index (χ0) is 25.2. The molecule has 0 saturated carbocycles. The molecule has 0 unspecified atom stereocenters. The van der Waals surface area contributed by atoms with Crippen LogP contribution in [0.3, 0.4) is 0 Å². The lowest BCUT2D eigenvalue weighted by atomic mass is 9.85. The Morgan fingerprint density at radius 3 is 2.43 bits per heavy atom. The number of aliphatic hydroxyl groups excluding tert-OH is 1. The number of rotatable bonds is 8. The molecule has 0 fully saturated rings. The van der Waals surface area contributed by atoms with Crippen LogP contribution in [0.15, 0.2) is 18.2 Å². The Labute approximate surface area is 210 Å². The highest BCUT2D eigenvalue weighted by Crippen LogP contribution is 2.28. The molecule has 1 aromatic carbocycles. The minimum Gasteiger partial charge on any atom is -0.491 e. The Kier molecular flexibility index (Phi) is 8.80. The van der Waals surface area contributed by atoms with Crippen molar-refractivity contribution >= 4 is 29.7 Å². The van der Waals surface area contributed by atoms with Gasteiger partial charge in [-0.15, -0.1) is 17.5 Å². The van der Waals surface area contributed by atoms with Gasteiger partial charge in [0.05, 0.1) is 6.61 Å². The SMILES string of the molecule is CCNC(=O)c1nn2c(=N)n(CC(=O)c3cc(OCCO)cc(C(C)(C)C)c3)nc2c(C)c1C.Cl. The summed E-state index contributed by atoms with van der Waals surface area (Å²) in [5, 5.41) is 29.1. The maximum Gasteiger partial charge on any atom is 0.272 e. The molecule has 0 radical (unpaired) electrons. The first-order chi connectivity index (χ1) is 16.0. The Balaban J connectivity index is 0.00000432. The van der Waals surface area contributed by atoms with Crippen LogP contribution in [-0.2, 0) is 12.0 Å². The fourth-order valence-electron chi connectivity index (χ4n) is 3.50. The molecule has 0 saturated heterocycles. The smallest absolute Gasteiger partial charge is 0.272 e. The molecule has 0 aliphatic rings. The molecule has 0 aliphatic carbocycles. The van der Waals surface area contributed by atoms with E-state index in [1.165, 1.54) is 9.20 Å². The quantitative estimate of drug-likeness (QED) is 0.403. The van der Waals surface area contributed by atoms with Gasteiger partial charge in [-0.1, -0.05) is 20.8 Å². The second-order valence-electron chi connectivity index (χ2n) is 9.17. The minimum atomic E-state index is -0.324. The molecule has 11 heteroatoms. The third kappa shape index (κ3) is 5.88. The van der Waals surface area contributed by atoms with E-state index in [0.717, 1.165) is 5.56 Å². The van der Waals surface area contributed by atoms with Gasteiger partial charge in [0.15, 0.2) is 17.1 Å². The number of benzene rings is 1. The Hall–Kier alpha value is -3.24. The van der Waals surface area contributed by atoms with E-state index >= 15 is 0 Å². The number of halogens is 1. The van der Waals surface area contributed by atoms with Crippen molar-refractivity contribution in [3.63, 3.8) is 0 Å². The summed E-state index contributed by atoms with van der Waals surface area (Å²) < 4.78 is 8.13. The third-order valence-corrected chi connectivity index (χ3v) is 5.61. The van der Waals surface area contributed by atoms with Crippen molar-refractivity contribution in [3.05, 3.63) is 51.8 Å². The number of carbonyl (C=O) groups excluding carboxylic acids is 2. The third-order valence-electron chi connectivity index (χ3n) is 5.61. The van der Waals surface area contributed by atoms with Crippen LogP contribution in [-0.4, -0.2) is 56.0 Å². The van der Waals surface area contributed by atoms with Crippen molar-refractivity contribution < 1.29 is 19.4 Å². The number of nitrogens with one attached hydrogen (secondary N) is 2. The number of aromatic nitrogens is 4. The van der Waals surface area contributed by atoms with Gasteiger partial charge >= 0.3 is 0 Å². The predicted molar refractivity (Wildman–Crippen MR) is 134 cm³/mol. The van der Waals surface area contributed by atoms with E-state index in [0.29, 0.717) is 34.6 Å². The number of Topliss-reactive ketones (excluding diaryl/α,β-unsaturated/α-hetero) is 1. The van der Waals surface area contributed by atoms with Crippen LogP contribution in [0, 0.1) is 19.3 Å². The van der Waals surface area contributed by atoms with Gasteiger partial charge in [0, 0.05) is 17.7 Å². The molecule has 3 N–H and O–H groups in total. The number of aryl methyl sites for hydroxylation is 1. The highest BCUT2D eigenvalue weighted by Gasteiger charge is 2.21. The van der Waals surface area contributed by atoms with Gasteiger partial charge in [0.2, 0.25) is 5.62 Å². The summed E-state index contributed by atoms with van der Waals surface area (Å²) in [5.41, 5.74) is 3.03. The number of nitrogens with zero attached hydrogens (tertiary/aromatic N) is 4. The monoisotopic (exact) mass is 504 g/mol. The molecule has 0 aliphatic heterocycles. The first kappa shape index (κ1) is 28.0. The van der Waals surface area contributed by atoms with E-state index in [2.05, 4.69) is 15.5 Å². The Bertz CT molecular complexity index is 1310. The van der Waals surface area contributed by atoms with Crippen molar-refractivity contribution in [3.8, 4) is 5.75 Å². The molecule has 10 nitrogen and oxygen atoms in total. The van der Waals surface area contributed by atoms with Crippen LogP contribution in [0.4, 0.5) is 0 Å².